The molecule has 0 aromatic heterocycles. The number of anilines is 5. The average molecular weight is 995 g/mol. The molecule has 13 rings (SSSR count). The van der Waals surface area contributed by atoms with Gasteiger partial charge in [0.05, 0.1) is 75.1 Å². The van der Waals surface area contributed by atoms with Crippen LogP contribution in [-0.2, 0) is 39.4 Å². The van der Waals surface area contributed by atoms with Crippen LogP contribution in [0.3, 0.4) is 0 Å². The third-order valence-electron chi connectivity index (χ3n) is 17.0. The third kappa shape index (κ3) is 6.70. The van der Waals surface area contributed by atoms with Gasteiger partial charge in [-0.05, 0) is 106 Å². The molecular weight excluding hydrogens is 941 g/mol. The molecule has 0 aliphatic carbocycles. The van der Waals surface area contributed by atoms with Crippen LogP contribution in [0.5, 0.6) is 5.75 Å². The number of hydrogen-bond donors (Lipinski definition) is 1. The summed E-state index contributed by atoms with van der Waals surface area (Å²) in [7, 11) is -1.08. The van der Waals surface area contributed by atoms with Crippen molar-refractivity contribution >= 4 is 86.9 Å². The van der Waals surface area contributed by atoms with Crippen LogP contribution in [0.2, 0.25) is 18.6 Å². The highest BCUT2D eigenvalue weighted by atomic mass is 28.3. The van der Waals surface area contributed by atoms with E-state index in [9.17, 15) is 14.7 Å². The van der Waals surface area contributed by atoms with E-state index in [1.165, 1.54) is 0 Å². The molecule has 368 valence electrons. The number of methoxy groups -OCH3 is 1. The van der Waals surface area contributed by atoms with E-state index in [1.54, 1.807) is 26.7 Å². The maximum Gasteiger partial charge on any atom is 0.264 e. The number of carbonyl (C=O) groups excluding carboxylic acids is 4. The van der Waals surface area contributed by atoms with E-state index in [2.05, 4.69) is 38.2 Å². The Bertz CT molecular complexity index is 3680. The molecule has 74 heavy (non-hydrogen) atoms. The fraction of sp³-hybridized carbons (Fsp3) is 0.226. The molecule has 0 unspecified atom stereocenters. The summed E-state index contributed by atoms with van der Waals surface area (Å²) >= 11 is 0. The van der Waals surface area contributed by atoms with Gasteiger partial charge in [0.15, 0.2) is 5.60 Å². The minimum atomic E-state index is -2.72. The van der Waals surface area contributed by atoms with Gasteiger partial charge >= 0.3 is 0 Å². The minimum absolute atomic E-state index is 0.00667. The Morgan fingerprint density at radius 1 is 0.703 bits per heavy atom. The number of carbonyl (C=O) groups is 4. The first-order valence-electron chi connectivity index (χ1n) is 25.5. The largest absolute Gasteiger partial charge is 0.497 e. The standard InChI is InChI=1S/C62H54N4O7Si/c1-37-58(74(3,4)47-27-25-46(72-2)26-28-47)54(33-55(68)63-35-42-14-6-5-13-41(42)31-45(63)36-67)73-62(37)50-32-44(66-53-23-11-18-40-16-9-21-49(57(40)53)60(66)70)24-29-51(50)64(61(62)71)34-38-12-7-19-43(30-38)65-52-22-10-17-39-15-8-20-48(56(39)52)59(65)69/h5-30,32,37,45,54,58,67H,31,33-36H2,1-4H3/t37-,45-,54+,58-,62+/m0/s1. The van der Waals surface area contributed by atoms with Gasteiger partial charge in [-0.25, -0.2) is 0 Å². The van der Waals surface area contributed by atoms with Crippen molar-refractivity contribution < 1.29 is 33.8 Å². The highest BCUT2D eigenvalue weighted by molar-refractivity contribution is 6.91. The van der Waals surface area contributed by atoms with Gasteiger partial charge in [0.1, 0.15) is 5.75 Å². The zero-order valence-electron chi connectivity index (χ0n) is 41.6. The smallest absolute Gasteiger partial charge is 0.264 e. The number of aliphatic hydroxyl groups is 1. The fourth-order valence-corrected chi connectivity index (χ4v) is 17.5. The van der Waals surface area contributed by atoms with E-state index in [4.69, 9.17) is 9.47 Å². The zero-order valence-corrected chi connectivity index (χ0v) is 42.6. The van der Waals surface area contributed by atoms with Crippen LogP contribution in [0.4, 0.5) is 28.4 Å². The van der Waals surface area contributed by atoms with Crippen molar-refractivity contribution in [1.82, 2.24) is 4.90 Å². The summed E-state index contributed by atoms with van der Waals surface area (Å²) in [4.78, 5) is 67.2. The van der Waals surface area contributed by atoms with Gasteiger partial charge in [-0.1, -0.05) is 122 Å². The first kappa shape index (κ1) is 45.9. The molecular formula is C62H54N4O7Si. The lowest BCUT2D eigenvalue weighted by molar-refractivity contribution is -0.151. The Labute approximate surface area is 430 Å². The first-order valence-corrected chi connectivity index (χ1v) is 28.6. The molecule has 5 aliphatic heterocycles. The van der Waals surface area contributed by atoms with Crippen LogP contribution in [0.15, 0.2) is 164 Å². The Kier molecular flexibility index (Phi) is 10.6. The van der Waals surface area contributed by atoms with Crippen LogP contribution < -0.4 is 24.6 Å². The number of fused-ring (bicyclic) bond motifs is 3. The normalized spacial score (nSPS) is 21.7. The Morgan fingerprint density at radius 3 is 1.95 bits per heavy atom. The molecule has 1 saturated heterocycles. The molecule has 5 aliphatic rings. The summed E-state index contributed by atoms with van der Waals surface area (Å²) in [6.07, 6.45) is -0.183. The lowest BCUT2D eigenvalue weighted by Crippen LogP contribution is -2.52. The number of amides is 4. The molecule has 4 amide bonds. The summed E-state index contributed by atoms with van der Waals surface area (Å²) in [5.41, 5.74) is 6.52. The van der Waals surface area contributed by atoms with Crippen molar-refractivity contribution in [2.24, 2.45) is 5.92 Å². The molecule has 1 spiro atoms. The van der Waals surface area contributed by atoms with Gasteiger partial charge in [0.2, 0.25) is 5.91 Å². The summed E-state index contributed by atoms with van der Waals surface area (Å²) in [6.45, 7) is 7.02. The quantitative estimate of drug-likeness (QED) is 0.136. The molecule has 0 radical (unpaired) electrons. The maximum atomic E-state index is 16.3. The van der Waals surface area contributed by atoms with Crippen molar-refractivity contribution in [2.45, 2.75) is 69.2 Å². The Morgan fingerprint density at radius 2 is 1.31 bits per heavy atom. The first-order chi connectivity index (χ1) is 35.9. The number of nitrogens with zero attached hydrogens (tertiary/aromatic N) is 4. The van der Waals surface area contributed by atoms with E-state index < -0.39 is 31.7 Å². The van der Waals surface area contributed by atoms with Gasteiger partial charge in [0.25, 0.3) is 17.7 Å². The summed E-state index contributed by atoms with van der Waals surface area (Å²) < 4.78 is 13.2. The molecule has 1 N–H and O–H groups in total. The number of aliphatic hydroxyl groups excluding tert-OH is 1. The fourth-order valence-electron chi connectivity index (χ4n) is 13.4. The van der Waals surface area contributed by atoms with Crippen molar-refractivity contribution in [1.29, 1.82) is 0 Å². The van der Waals surface area contributed by atoms with Crippen LogP contribution in [0.25, 0.3) is 21.5 Å². The predicted octanol–water partition coefficient (Wildman–Crippen LogP) is 10.7. The van der Waals surface area contributed by atoms with E-state index in [0.29, 0.717) is 46.7 Å². The van der Waals surface area contributed by atoms with Gasteiger partial charge in [-0.3, -0.25) is 29.0 Å². The maximum absolute atomic E-state index is 16.3. The lowest BCUT2D eigenvalue weighted by atomic mass is 9.82. The molecule has 8 aromatic carbocycles. The van der Waals surface area contributed by atoms with Gasteiger partial charge < -0.3 is 24.4 Å². The third-order valence-corrected chi connectivity index (χ3v) is 21.3. The number of ether oxygens (including phenoxy) is 2. The van der Waals surface area contributed by atoms with Crippen LogP contribution >= 0.6 is 0 Å². The van der Waals surface area contributed by atoms with E-state index in [0.717, 1.165) is 60.5 Å². The van der Waals surface area contributed by atoms with Crippen molar-refractivity contribution in [2.75, 3.05) is 28.4 Å². The molecule has 1 fully saturated rings. The molecule has 5 atom stereocenters. The number of rotatable bonds is 10. The Balaban J connectivity index is 0.937. The predicted molar refractivity (Wildman–Crippen MR) is 291 cm³/mol. The van der Waals surface area contributed by atoms with Crippen LogP contribution in [0.1, 0.15) is 56.3 Å². The van der Waals surface area contributed by atoms with E-state index >= 15 is 9.59 Å². The van der Waals surface area contributed by atoms with Crippen molar-refractivity contribution in [3.05, 3.63) is 197 Å². The van der Waals surface area contributed by atoms with Crippen LogP contribution in [0, 0.1) is 5.92 Å². The molecule has 0 saturated carbocycles. The van der Waals surface area contributed by atoms with E-state index in [1.807, 2.05) is 146 Å². The van der Waals surface area contributed by atoms with Gasteiger partial charge in [-0.15, -0.1) is 0 Å². The molecule has 0 bridgehead atoms. The number of benzene rings is 8. The second-order valence-corrected chi connectivity index (χ2v) is 25.8. The van der Waals surface area contributed by atoms with Gasteiger partial charge in [0, 0.05) is 40.2 Å². The van der Waals surface area contributed by atoms with Crippen LogP contribution in [-0.4, -0.2) is 67.6 Å². The highest BCUT2D eigenvalue weighted by Crippen LogP contribution is 2.61. The molecule has 5 heterocycles. The zero-order chi connectivity index (χ0) is 50.8. The summed E-state index contributed by atoms with van der Waals surface area (Å²) in [5, 5.41) is 15.6. The lowest BCUT2D eigenvalue weighted by Gasteiger charge is -2.39. The van der Waals surface area contributed by atoms with Crippen molar-refractivity contribution in [3.8, 4) is 5.75 Å². The monoisotopic (exact) mass is 994 g/mol. The SMILES string of the molecule is COc1ccc([Si](C)(C)[C@@H]2[C@@H](CC(=O)N3Cc4ccccc4C[C@H]3CO)O[C@]3(C(=O)N(Cc4cccc(N5C(=O)c6cccc7cccc5c67)c4)c4ccc(N5C(=O)c6cccc7cccc5c67)cc43)[C@H]2C)cc1. The minimum Gasteiger partial charge on any atom is -0.497 e. The van der Waals surface area contributed by atoms with E-state index in [-0.39, 0.29) is 48.7 Å². The number of hydrogen-bond acceptors (Lipinski definition) is 7. The molecule has 11 nitrogen and oxygen atoms in total. The summed E-state index contributed by atoms with van der Waals surface area (Å²) in [6, 6.07) is 52.9. The highest BCUT2D eigenvalue weighted by Gasteiger charge is 2.67. The van der Waals surface area contributed by atoms with Crippen molar-refractivity contribution in [3.63, 3.8) is 0 Å². The topological polar surface area (TPSA) is 120 Å². The van der Waals surface area contributed by atoms with Gasteiger partial charge in [-0.2, -0.15) is 0 Å². The Hall–Kier alpha value is -7.90. The molecule has 8 aromatic rings. The summed E-state index contributed by atoms with van der Waals surface area (Å²) in [5.74, 6) is -0.402. The second-order valence-electron chi connectivity index (χ2n) is 21.1. The molecule has 12 heteroatoms. The second kappa shape index (κ2) is 17.1. The average Bonchev–Trinajstić information content (AvgIpc) is 4.07.